The molecule has 0 spiro atoms. The molecular weight excluding hydrogens is 405 g/mol. The molecule has 2 aromatic heterocycles. The molecule has 1 aliphatic rings. The van der Waals surface area contributed by atoms with E-state index in [9.17, 15) is 4.79 Å². The lowest BCUT2D eigenvalue weighted by atomic mass is 9.77. The number of nitrogens with one attached hydrogen (secondary N) is 1. The van der Waals surface area contributed by atoms with Crippen LogP contribution < -0.4 is 5.32 Å². The van der Waals surface area contributed by atoms with Gasteiger partial charge in [0.15, 0.2) is 0 Å². The van der Waals surface area contributed by atoms with Crippen molar-refractivity contribution >= 4 is 24.9 Å². The second-order valence-corrected chi connectivity index (χ2v) is 8.83. The van der Waals surface area contributed by atoms with Crippen molar-refractivity contribution in [3.8, 4) is 0 Å². The SMILES string of the molecule is CC1(C)OB(C(=Cc2cnc3ccccn23)CNC(=O)OCc2ccccc2)OC1(C)C. The van der Waals surface area contributed by atoms with Crippen LogP contribution in [0.4, 0.5) is 4.79 Å². The van der Waals surface area contributed by atoms with Crippen molar-refractivity contribution in [1.82, 2.24) is 14.7 Å². The number of rotatable bonds is 6. The van der Waals surface area contributed by atoms with Crippen LogP contribution in [0, 0.1) is 0 Å². The van der Waals surface area contributed by atoms with E-state index in [2.05, 4.69) is 10.3 Å². The Hall–Kier alpha value is -3.10. The predicted molar refractivity (Wildman–Crippen MR) is 124 cm³/mol. The molecule has 0 unspecified atom stereocenters. The number of alkyl carbamates (subject to hydrolysis) is 1. The number of aromatic nitrogens is 2. The third-order valence-electron chi connectivity index (χ3n) is 5.98. The summed E-state index contributed by atoms with van der Waals surface area (Å²) in [6, 6.07) is 15.4. The van der Waals surface area contributed by atoms with Crippen LogP contribution >= 0.6 is 0 Å². The van der Waals surface area contributed by atoms with Gasteiger partial charge < -0.3 is 23.8 Å². The first-order chi connectivity index (χ1) is 15.2. The zero-order valence-electron chi connectivity index (χ0n) is 18.9. The number of pyridine rings is 1. The Balaban J connectivity index is 1.52. The van der Waals surface area contributed by atoms with Gasteiger partial charge in [-0.05, 0) is 56.9 Å². The maximum Gasteiger partial charge on any atom is 0.492 e. The molecule has 8 heteroatoms. The Morgan fingerprint density at radius 1 is 1.09 bits per heavy atom. The summed E-state index contributed by atoms with van der Waals surface area (Å²) in [6.07, 6.45) is 5.17. The monoisotopic (exact) mass is 433 g/mol. The molecule has 4 rings (SSSR count). The molecule has 32 heavy (non-hydrogen) atoms. The van der Waals surface area contributed by atoms with Crippen molar-refractivity contribution in [2.75, 3.05) is 6.54 Å². The zero-order valence-corrected chi connectivity index (χ0v) is 18.9. The van der Waals surface area contributed by atoms with Crippen LogP contribution in [0.3, 0.4) is 0 Å². The lowest BCUT2D eigenvalue weighted by Gasteiger charge is -2.32. The number of benzene rings is 1. The van der Waals surface area contributed by atoms with Gasteiger partial charge in [0.2, 0.25) is 0 Å². The molecule has 0 aliphatic carbocycles. The molecule has 0 saturated carbocycles. The van der Waals surface area contributed by atoms with Crippen molar-refractivity contribution in [3.63, 3.8) is 0 Å². The minimum atomic E-state index is -0.608. The lowest BCUT2D eigenvalue weighted by Crippen LogP contribution is -2.41. The van der Waals surface area contributed by atoms with Crippen LogP contribution in [0.2, 0.25) is 0 Å². The van der Waals surface area contributed by atoms with Crippen LogP contribution in [0.5, 0.6) is 0 Å². The highest BCUT2D eigenvalue weighted by Gasteiger charge is 2.52. The van der Waals surface area contributed by atoms with E-state index in [0.29, 0.717) is 0 Å². The zero-order chi connectivity index (χ0) is 22.8. The van der Waals surface area contributed by atoms with Gasteiger partial charge in [-0.3, -0.25) is 0 Å². The number of ether oxygens (including phenoxy) is 1. The van der Waals surface area contributed by atoms with Crippen LogP contribution in [0.25, 0.3) is 11.7 Å². The average Bonchev–Trinajstić information content (AvgIpc) is 3.27. The van der Waals surface area contributed by atoms with Gasteiger partial charge in [-0.1, -0.05) is 36.4 Å². The summed E-state index contributed by atoms with van der Waals surface area (Å²) >= 11 is 0. The summed E-state index contributed by atoms with van der Waals surface area (Å²) in [5.74, 6) is 0. The molecule has 1 aliphatic heterocycles. The van der Waals surface area contributed by atoms with Crippen molar-refractivity contribution in [1.29, 1.82) is 0 Å². The summed E-state index contributed by atoms with van der Waals surface area (Å²) in [5, 5.41) is 2.83. The first kappa shape index (κ1) is 22.1. The standard InChI is InChI=1S/C24H28BN3O4/c1-23(2)24(3,4)32-25(31-23)19(14-20-16-26-21-12-8-9-13-28(20)21)15-27-22(29)30-17-18-10-6-5-7-11-18/h5-14,16H,15,17H2,1-4H3,(H,27,29). The molecule has 1 amide bonds. The molecule has 0 radical (unpaired) electrons. The van der Waals surface area contributed by atoms with Crippen molar-refractivity contribution in [2.24, 2.45) is 0 Å². The van der Waals surface area contributed by atoms with Gasteiger partial charge in [0, 0.05) is 12.7 Å². The number of hydrogen-bond acceptors (Lipinski definition) is 5. The molecule has 0 atom stereocenters. The largest absolute Gasteiger partial charge is 0.492 e. The topological polar surface area (TPSA) is 74.1 Å². The molecule has 166 valence electrons. The van der Waals surface area contributed by atoms with E-state index in [1.54, 1.807) is 6.20 Å². The number of carbonyl (C=O) groups is 1. The number of carbonyl (C=O) groups excluding carboxylic acids is 1. The van der Waals surface area contributed by atoms with Crippen LogP contribution in [0.15, 0.2) is 66.4 Å². The van der Waals surface area contributed by atoms with E-state index < -0.39 is 24.4 Å². The molecule has 7 nitrogen and oxygen atoms in total. The van der Waals surface area contributed by atoms with Gasteiger partial charge in [0.05, 0.1) is 23.1 Å². The fraction of sp³-hybridized carbons (Fsp3) is 0.333. The van der Waals surface area contributed by atoms with E-state index in [1.165, 1.54) is 0 Å². The van der Waals surface area contributed by atoms with E-state index in [4.69, 9.17) is 14.0 Å². The predicted octanol–water partition coefficient (Wildman–Crippen LogP) is 4.28. The van der Waals surface area contributed by atoms with Gasteiger partial charge in [-0.25, -0.2) is 9.78 Å². The normalized spacial score (nSPS) is 17.5. The van der Waals surface area contributed by atoms with Gasteiger partial charge in [0.25, 0.3) is 0 Å². The second kappa shape index (κ2) is 8.80. The molecule has 1 N–H and O–H groups in total. The number of amides is 1. The Bertz CT molecular complexity index is 1110. The Kier molecular flexibility index (Phi) is 6.08. The van der Waals surface area contributed by atoms with Crippen molar-refractivity contribution in [3.05, 3.63) is 77.7 Å². The second-order valence-electron chi connectivity index (χ2n) is 8.83. The summed E-state index contributed by atoms with van der Waals surface area (Å²) in [4.78, 5) is 16.8. The highest BCUT2D eigenvalue weighted by atomic mass is 16.7. The highest BCUT2D eigenvalue weighted by molar-refractivity contribution is 6.56. The first-order valence-corrected chi connectivity index (χ1v) is 10.7. The Morgan fingerprint density at radius 2 is 1.78 bits per heavy atom. The van der Waals surface area contributed by atoms with E-state index in [0.717, 1.165) is 22.4 Å². The minimum Gasteiger partial charge on any atom is -0.445 e. The number of nitrogens with zero attached hydrogens (tertiary/aromatic N) is 2. The fourth-order valence-corrected chi connectivity index (χ4v) is 3.39. The Labute approximate surface area is 188 Å². The lowest BCUT2D eigenvalue weighted by molar-refractivity contribution is 0.00578. The van der Waals surface area contributed by atoms with E-state index in [-0.39, 0.29) is 13.2 Å². The van der Waals surface area contributed by atoms with Crippen LogP contribution in [-0.4, -0.2) is 40.3 Å². The molecule has 1 saturated heterocycles. The summed E-state index contributed by atoms with van der Waals surface area (Å²) in [5.41, 5.74) is 2.40. The molecule has 0 bridgehead atoms. The third-order valence-corrected chi connectivity index (χ3v) is 5.98. The summed E-state index contributed by atoms with van der Waals surface area (Å²) in [6.45, 7) is 8.42. The molecular formula is C24H28BN3O4. The van der Waals surface area contributed by atoms with E-state index >= 15 is 0 Å². The average molecular weight is 433 g/mol. The van der Waals surface area contributed by atoms with Gasteiger partial charge in [-0.15, -0.1) is 0 Å². The van der Waals surface area contributed by atoms with Crippen molar-refractivity contribution < 1.29 is 18.8 Å². The Morgan fingerprint density at radius 3 is 2.50 bits per heavy atom. The maximum absolute atomic E-state index is 12.3. The quantitative estimate of drug-likeness (QED) is 0.588. The molecule has 1 fully saturated rings. The van der Waals surface area contributed by atoms with Gasteiger partial charge >= 0.3 is 13.2 Å². The smallest absolute Gasteiger partial charge is 0.445 e. The maximum atomic E-state index is 12.3. The number of hydrogen-bond donors (Lipinski definition) is 1. The van der Waals surface area contributed by atoms with Gasteiger partial charge in [0.1, 0.15) is 12.3 Å². The molecule has 1 aromatic carbocycles. The third kappa shape index (κ3) is 4.71. The molecule has 3 heterocycles. The first-order valence-electron chi connectivity index (χ1n) is 10.7. The summed E-state index contributed by atoms with van der Waals surface area (Å²) < 4.78 is 19.8. The summed E-state index contributed by atoms with van der Waals surface area (Å²) in [7, 11) is -0.608. The van der Waals surface area contributed by atoms with Gasteiger partial charge in [-0.2, -0.15) is 0 Å². The number of imidazole rings is 1. The van der Waals surface area contributed by atoms with Crippen molar-refractivity contribution in [2.45, 2.75) is 45.5 Å². The highest BCUT2D eigenvalue weighted by Crippen LogP contribution is 2.38. The molecule has 3 aromatic rings. The fourth-order valence-electron chi connectivity index (χ4n) is 3.39. The number of fused-ring (bicyclic) bond motifs is 1. The van der Waals surface area contributed by atoms with E-state index in [1.807, 2.05) is 92.9 Å². The minimum absolute atomic E-state index is 0.204. The van der Waals surface area contributed by atoms with Crippen LogP contribution in [-0.2, 0) is 20.7 Å². The van der Waals surface area contributed by atoms with Crippen LogP contribution in [0.1, 0.15) is 39.0 Å².